The van der Waals surface area contributed by atoms with Crippen molar-refractivity contribution in [3.63, 3.8) is 0 Å². The van der Waals surface area contributed by atoms with E-state index < -0.39 is 22.0 Å². The monoisotopic (exact) mass is 457 g/mol. The number of hydrazine groups is 1. The summed E-state index contributed by atoms with van der Waals surface area (Å²) < 4.78 is 28.2. The summed E-state index contributed by atoms with van der Waals surface area (Å²) in [6.45, 7) is 1.66. The molecule has 2 aromatic carbocycles. The van der Waals surface area contributed by atoms with Crippen LogP contribution in [0.2, 0.25) is 5.02 Å². The minimum atomic E-state index is -3.87. The zero-order chi connectivity index (χ0) is 21.5. The number of nitrogens with two attached hydrogens (primary N) is 1. The molecule has 29 heavy (non-hydrogen) atoms. The Labute approximate surface area is 177 Å². The van der Waals surface area contributed by atoms with Gasteiger partial charge in [-0.2, -0.15) is 0 Å². The molecule has 8 nitrogen and oxygen atoms in total. The molecule has 1 aliphatic heterocycles. The zero-order valence-electron chi connectivity index (χ0n) is 15.3. The van der Waals surface area contributed by atoms with Crippen LogP contribution in [0.15, 0.2) is 58.1 Å². The molecule has 3 N–H and O–H groups in total. The summed E-state index contributed by atoms with van der Waals surface area (Å²) in [6.07, 6.45) is 0. The average Bonchev–Trinajstić information content (AvgIpc) is 2.92. The maximum absolute atomic E-state index is 12.0. The van der Waals surface area contributed by atoms with Gasteiger partial charge in [-0.05, 0) is 49.4 Å². The number of halogens is 2. The first-order valence-corrected chi connectivity index (χ1v) is 10.5. The van der Waals surface area contributed by atoms with Crippen LogP contribution in [0.3, 0.4) is 0 Å². The van der Waals surface area contributed by atoms with Crippen molar-refractivity contribution >= 4 is 50.6 Å². The molecule has 1 atom stereocenters. The summed E-state index contributed by atoms with van der Waals surface area (Å²) in [5.74, 6) is -0.730. The first kappa shape index (κ1) is 21.3. The fourth-order valence-electron chi connectivity index (χ4n) is 3.05. The Balaban J connectivity index is 2.14. The molecule has 0 fully saturated rings. The lowest BCUT2D eigenvalue weighted by molar-refractivity contribution is -0.137. The van der Waals surface area contributed by atoms with Gasteiger partial charge < -0.3 is 9.84 Å². The number of carboxylic acid groups (broad SMARTS) is 1. The molecule has 3 rings (SSSR count). The number of primary sulfonamides is 1. The van der Waals surface area contributed by atoms with Gasteiger partial charge in [-0.1, -0.05) is 23.2 Å². The fraction of sp³-hybridized carbons (Fsp3) is 0.167. The molecule has 2 aromatic rings. The van der Waals surface area contributed by atoms with E-state index in [1.54, 1.807) is 30.1 Å². The maximum atomic E-state index is 12.0. The predicted molar refractivity (Wildman–Crippen MR) is 111 cm³/mol. The molecule has 0 radical (unpaired) electrons. The third kappa shape index (κ3) is 3.86. The van der Waals surface area contributed by atoms with Crippen molar-refractivity contribution < 1.29 is 23.1 Å². The second-order valence-corrected chi connectivity index (χ2v) is 8.56. The van der Waals surface area contributed by atoms with Crippen molar-refractivity contribution in [2.45, 2.75) is 17.9 Å². The molecule has 0 aromatic heterocycles. The Morgan fingerprint density at radius 2 is 1.72 bits per heavy atom. The highest BCUT2D eigenvalue weighted by atomic mass is 35.5. The number of ether oxygens (including phenoxy) is 1. The Hall–Kier alpha value is -2.46. The molecule has 11 heteroatoms. The van der Waals surface area contributed by atoms with Crippen LogP contribution in [0.4, 0.5) is 11.4 Å². The van der Waals surface area contributed by atoms with Gasteiger partial charge in [0.1, 0.15) is 5.75 Å². The smallest absolute Gasteiger partial charge is 0.334 e. The minimum absolute atomic E-state index is 0.0676. The number of sulfonamides is 1. The third-order valence-electron chi connectivity index (χ3n) is 4.41. The van der Waals surface area contributed by atoms with Gasteiger partial charge in [0.25, 0.3) is 0 Å². The SMILES string of the molecule is COc1ccc(N2C(C(=O)O)C(Cl)=C(C)N2c2ccc(S(N)(=O)=O)cc2)cc1Cl. The zero-order valence-corrected chi connectivity index (χ0v) is 17.7. The van der Waals surface area contributed by atoms with Crippen LogP contribution in [-0.4, -0.2) is 32.6 Å². The summed E-state index contributed by atoms with van der Waals surface area (Å²) in [4.78, 5) is 11.9. The lowest BCUT2D eigenvalue weighted by atomic mass is 10.2. The summed E-state index contributed by atoms with van der Waals surface area (Å²) in [7, 11) is -2.40. The van der Waals surface area contributed by atoms with Gasteiger partial charge in [-0.3, -0.25) is 10.0 Å². The average molecular weight is 458 g/mol. The largest absolute Gasteiger partial charge is 0.495 e. The Morgan fingerprint density at radius 1 is 1.14 bits per heavy atom. The Bertz CT molecular complexity index is 1100. The highest BCUT2D eigenvalue weighted by molar-refractivity contribution is 7.89. The molecule has 0 saturated carbocycles. The van der Waals surface area contributed by atoms with Gasteiger partial charge >= 0.3 is 5.97 Å². The number of methoxy groups -OCH3 is 1. The van der Waals surface area contributed by atoms with Gasteiger partial charge in [0, 0.05) is 0 Å². The van der Waals surface area contributed by atoms with Crippen LogP contribution in [0.5, 0.6) is 5.75 Å². The van der Waals surface area contributed by atoms with E-state index in [2.05, 4.69) is 0 Å². The van der Waals surface area contributed by atoms with Gasteiger partial charge in [-0.15, -0.1) is 0 Å². The molecular weight excluding hydrogens is 441 g/mol. The molecule has 1 heterocycles. The number of carbonyl (C=O) groups is 1. The van der Waals surface area contributed by atoms with E-state index in [1.807, 2.05) is 0 Å². The highest BCUT2D eigenvalue weighted by Crippen LogP contribution is 2.41. The van der Waals surface area contributed by atoms with Crippen molar-refractivity contribution in [3.8, 4) is 5.75 Å². The second-order valence-electron chi connectivity index (χ2n) is 6.19. The quantitative estimate of drug-likeness (QED) is 0.708. The number of hydrogen-bond donors (Lipinski definition) is 2. The normalized spacial score (nSPS) is 17.1. The lowest BCUT2D eigenvalue weighted by Gasteiger charge is -2.35. The molecule has 0 amide bonds. The van der Waals surface area contributed by atoms with Crippen LogP contribution in [0, 0.1) is 0 Å². The molecule has 1 aliphatic rings. The maximum Gasteiger partial charge on any atom is 0.334 e. The number of benzene rings is 2. The van der Waals surface area contributed by atoms with E-state index in [0.29, 0.717) is 27.8 Å². The number of nitrogens with zero attached hydrogens (tertiary/aromatic N) is 2. The van der Waals surface area contributed by atoms with Crippen LogP contribution < -0.4 is 19.9 Å². The van der Waals surface area contributed by atoms with Gasteiger partial charge in [0.2, 0.25) is 10.0 Å². The first-order chi connectivity index (χ1) is 13.6. The van der Waals surface area contributed by atoms with Crippen LogP contribution in [-0.2, 0) is 14.8 Å². The van der Waals surface area contributed by atoms with E-state index in [1.165, 1.54) is 36.4 Å². The minimum Gasteiger partial charge on any atom is -0.495 e. The molecule has 0 bridgehead atoms. The van der Waals surface area contributed by atoms with Crippen molar-refractivity contribution in [2.75, 3.05) is 17.1 Å². The summed E-state index contributed by atoms with van der Waals surface area (Å²) in [5, 5.41) is 18.4. The molecule has 154 valence electrons. The Morgan fingerprint density at radius 3 is 2.21 bits per heavy atom. The van der Waals surface area contributed by atoms with Crippen molar-refractivity contribution in [1.82, 2.24) is 0 Å². The number of rotatable bonds is 5. The fourth-order valence-corrected chi connectivity index (χ4v) is 4.09. The highest BCUT2D eigenvalue weighted by Gasteiger charge is 2.42. The van der Waals surface area contributed by atoms with E-state index >= 15 is 0 Å². The summed E-state index contributed by atoms with van der Waals surface area (Å²) in [5.41, 5.74) is 1.41. The van der Waals surface area contributed by atoms with Crippen molar-refractivity contribution in [2.24, 2.45) is 5.14 Å². The van der Waals surface area contributed by atoms with E-state index in [9.17, 15) is 18.3 Å². The van der Waals surface area contributed by atoms with E-state index in [-0.39, 0.29) is 9.93 Å². The van der Waals surface area contributed by atoms with E-state index in [4.69, 9.17) is 33.1 Å². The third-order valence-corrected chi connectivity index (χ3v) is 6.11. The first-order valence-electron chi connectivity index (χ1n) is 8.21. The van der Waals surface area contributed by atoms with Crippen LogP contribution in [0.1, 0.15) is 6.92 Å². The lowest BCUT2D eigenvalue weighted by Crippen LogP contribution is -2.46. The summed E-state index contributed by atoms with van der Waals surface area (Å²) in [6, 6.07) is 9.31. The number of aliphatic carboxylic acids is 1. The standard InChI is InChI=1S/C18H17Cl2N3O5S/c1-10-16(20)17(18(24)25)23(12-5-8-15(28-2)14(19)9-12)22(10)11-3-6-13(7-4-11)29(21,26)27/h3-9,17H,1-2H3,(H,24,25)(H2,21,26,27). The van der Waals surface area contributed by atoms with Gasteiger partial charge in [-0.25, -0.2) is 18.4 Å². The Kier molecular flexibility index (Phi) is 5.68. The topological polar surface area (TPSA) is 113 Å². The van der Waals surface area contributed by atoms with Crippen molar-refractivity contribution in [1.29, 1.82) is 0 Å². The van der Waals surface area contributed by atoms with Crippen LogP contribution in [0.25, 0.3) is 0 Å². The molecule has 0 saturated heterocycles. The summed E-state index contributed by atoms with van der Waals surface area (Å²) >= 11 is 12.6. The molecule has 0 aliphatic carbocycles. The number of carboxylic acids is 1. The molecule has 1 unspecified atom stereocenters. The number of allylic oxidation sites excluding steroid dienone is 1. The van der Waals surface area contributed by atoms with Gasteiger partial charge in [0.05, 0.1) is 39.1 Å². The van der Waals surface area contributed by atoms with Gasteiger partial charge in [0.15, 0.2) is 6.04 Å². The molecular formula is C18H17Cl2N3O5S. The van der Waals surface area contributed by atoms with Crippen molar-refractivity contribution in [3.05, 3.63) is 58.2 Å². The number of anilines is 2. The second kappa shape index (κ2) is 7.75. The number of hydrogen-bond acceptors (Lipinski definition) is 6. The van der Waals surface area contributed by atoms with E-state index in [0.717, 1.165) is 0 Å². The molecule has 0 spiro atoms. The predicted octanol–water partition coefficient (Wildman–Crippen LogP) is 3.16. The van der Waals surface area contributed by atoms with Crippen LogP contribution >= 0.6 is 23.2 Å².